The molecule has 0 heterocycles. The van der Waals surface area contributed by atoms with Gasteiger partial charge in [0.1, 0.15) is 0 Å². The van der Waals surface area contributed by atoms with E-state index >= 15 is 0 Å². The van der Waals surface area contributed by atoms with E-state index in [0.29, 0.717) is 11.8 Å². The van der Waals surface area contributed by atoms with E-state index in [1.165, 1.54) is 44.5 Å². The van der Waals surface area contributed by atoms with Gasteiger partial charge in [0.05, 0.1) is 0 Å². The zero-order chi connectivity index (χ0) is 23.3. The Morgan fingerprint density at radius 3 is 2.15 bits per heavy atom. The van der Waals surface area contributed by atoms with Gasteiger partial charge in [-0.3, -0.25) is 0 Å². The van der Waals surface area contributed by atoms with Gasteiger partial charge in [0.2, 0.25) is 0 Å². The molecule has 3 aromatic carbocycles. The van der Waals surface area contributed by atoms with E-state index in [2.05, 4.69) is 115 Å². The second-order valence-electron chi connectivity index (χ2n) is 11.5. The highest BCUT2D eigenvalue weighted by Gasteiger charge is 2.54. The summed E-state index contributed by atoms with van der Waals surface area (Å²) < 4.78 is 0. The Morgan fingerprint density at radius 2 is 1.39 bits per heavy atom. The standard InChI is InChI=1S/C33H34/c1-19-16-17-24-26(18-19)33(6,7)31-29(24)27(22-13-9-8-12-20(22)2)21(3)28-23-14-10-11-15-25(23)32(4,5)30(28)31/h8-18,21,28H,1-7H3. The molecule has 0 fully saturated rings. The summed E-state index contributed by atoms with van der Waals surface area (Å²) in [5.74, 6) is 0.852. The average molecular weight is 431 g/mol. The first kappa shape index (κ1) is 20.7. The molecule has 0 saturated carbocycles. The van der Waals surface area contributed by atoms with Crippen LogP contribution < -0.4 is 0 Å². The minimum Gasteiger partial charge on any atom is -0.0620 e. The van der Waals surface area contributed by atoms with Gasteiger partial charge < -0.3 is 0 Å². The van der Waals surface area contributed by atoms with Gasteiger partial charge in [0, 0.05) is 16.7 Å². The van der Waals surface area contributed by atoms with E-state index in [4.69, 9.17) is 0 Å². The maximum atomic E-state index is 2.48. The smallest absolute Gasteiger partial charge is 0.0159 e. The third kappa shape index (κ3) is 2.53. The topological polar surface area (TPSA) is 0 Å². The number of aryl methyl sites for hydroxylation is 2. The van der Waals surface area contributed by atoms with Crippen LogP contribution in [0.2, 0.25) is 0 Å². The summed E-state index contributed by atoms with van der Waals surface area (Å²) in [5, 5.41) is 0. The second kappa shape index (κ2) is 6.60. The van der Waals surface area contributed by atoms with Gasteiger partial charge in [0.25, 0.3) is 0 Å². The summed E-state index contributed by atoms with van der Waals surface area (Å²) in [4.78, 5) is 0. The summed E-state index contributed by atoms with van der Waals surface area (Å²) in [7, 11) is 0. The molecule has 0 aliphatic heterocycles. The fraction of sp³-hybridized carbons (Fsp3) is 0.333. The van der Waals surface area contributed by atoms with E-state index < -0.39 is 0 Å². The normalized spacial score (nSPS) is 23.8. The van der Waals surface area contributed by atoms with Crippen LogP contribution in [0.25, 0.3) is 11.1 Å². The van der Waals surface area contributed by atoms with Crippen molar-refractivity contribution in [3.8, 4) is 0 Å². The van der Waals surface area contributed by atoms with Crippen LogP contribution in [0.4, 0.5) is 0 Å². The molecule has 0 radical (unpaired) electrons. The van der Waals surface area contributed by atoms with Gasteiger partial charge in [0.15, 0.2) is 0 Å². The van der Waals surface area contributed by atoms with Gasteiger partial charge in [-0.2, -0.15) is 0 Å². The quantitative estimate of drug-likeness (QED) is 0.363. The van der Waals surface area contributed by atoms with E-state index in [1.807, 2.05) is 0 Å². The van der Waals surface area contributed by atoms with E-state index in [1.54, 1.807) is 16.7 Å². The van der Waals surface area contributed by atoms with Crippen molar-refractivity contribution in [1.29, 1.82) is 0 Å². The first-order chi connectivity index (χ1) is 15.7. The fourth-order valence-electron chi connectivity index (χ4n) is 7.39. The summed E-state index contributed by atoms with van der Waals surface area (Å²) in [6.07, 6.45) is 0. The number of fused-ring (bicyclic) bond motifs is 6. The summed E-state index contributed by atoms with van der Waals surface area (Å²) in [5.41, 5.74) is 16.4. The SMILES string of the molecule is Cc1ccc2c(c1)C(C)(C)C1=C3C(c4ccccc4C3(C)C)C(C)C(c3ccccc3C)=C12. The van der Waals surface area contributed by atoms with Crippen LogP contribution in [-0.2, 0) is 10.8 Å². The van der Waals surface area contributed by atoms with Crippen LogP contribution in [0.3, 0.4) is 0 Å². The molecule has 3 aromatic rings. The van der Waals surface area contributed by atoms with Gasteiger partial charge in [-0.25, -0.2) is 0 Å². The molecule has 0 N–H and O–H groups in total. The van der Waals surface area contributed by atoms with Crippen molar-refractivity contribution < 1.29 is 0 Å². The molecule has 3 aliphatic carbocycles. The first-order valence-electron chi connectivity index (χ1n) is 12.4. The maximum Gasteiger partial charge on any atom is 0.0159 e. The Hall–Kier alpha value is -2.86. The van der Waals surface area contributed by atoms with Crippen molar-refractivity contribution in [1.82, 2.24) is 0 Å². The highest BCUT2D eigenvalue weighted by atomic mass is 14.6. The fourth-order valence-corrected chi connectivity index (χ4v) is 7.39. The highest BCUT2D eigenvalue weighted by molar-refractivity contribution is 6.07. The molecule has 0 bridgehead atoms. The van der Waals surface area contributed by atoms with Crippen molar-refractivity contribution in [3.05, 3.63) is 117 Å². The number of allylic oxidation sites excluding steroid dienone is 4. The predicted molar refractivity (Wildman–Crippen MR) is 141 cm³/mol. The largest absolute Gasteiger partial charge is 0.0620 e. The minimum atomic E-state index is -0.0162. The molecule has 6 rings (SSSR count). The number of hydrogen-bond acceptors (Lipinski definition) is 0. The zero-order valence-corrected chi connectivity index (χ0v) is 21.0. The Balaban J connectivity index is 1.80. The Labute approximate surface area is 199 Å². The summed E-state index contributed by atoms with van der Waals surface area (Å²) in [6, 6.07) is 25.4. The zero-order valence-electron chi connectivity index (χ0n) is 21.0. The monoisotopic (exact) mass is 430 g/mol. The average Bonchev–Trinajstić information content (AvgIpc) is 3.15. The van der Waals surface area contributed by atoms with Crippen molar-refractivity contribution in [2.24, 2.45) is 5.92 Å². The molecular weight excluding hydrogens is 396 g/mol. The molecule has 0 saturated heterocycles. The lowest BCUT2D eigenvalue weighted by Gasteiger charge is -2.40. The third-order valence-electron chi connectivity index (χ3n) is 8.88. The number of benzene rings is 3. The van der Waals surface area contributed by atoms with Crippen molar-refractivity contribution in [2.45, 2.75) is 65.2 Å². The van der Waals surface area contributed by atoms with Crippen LogP contribution in [0.1, 0.15) is 79.5 Å². The Bertz CT molecular complexity index is 1390. The Morgan fingerprint density at radius 1 is 0.697 bits per heavy atom. The van der Waals surface area contributed by atoms with Crippen LogP contribution in [0.5, 0.6) is 0 Å². The number of hydrogen-bond donors (Lipinski definition) is 0. The molecule has 3 aliphatic rings. The second-order valence-corrected chi connectivity index (χ2v) is 11.5. The van der Waals surface area contributed by atoms with E-state index in [0.717, 1.165) is 0 Å². The van der Waals surface area contributed by atoms with Gasteiger partial charge in [-0.1, -0.05) is 107 Å². The highest BCUT2D eigenvalue weighted by Crippen LogP contribution is 2.67. The van der Waals surface area contributed by atoms with Gasteiger partial charge in [-0.15, -0.1) is 0 Å². The predicted octanol–water partition coefficient (Wildman–Crippen LogP) is 8.53. The molecule has 0 nitrogen and oxygen atoms in total. The number of rotatable bonds is 1. The lowest BCUT2D eigenvalue weighted by molar-refractivity contribution is 0.528. The lowest BCUT2D eigenvalue weighted by atomic mass is 9.63. The minimum absolute atomic E-state index is 0.0162. The van der Waals surface area contributed by atoms with Crippen LogP contribution in [-0.4, -0.2) is 0 Å². The summed E-state index contributed by atoms with van der Waals surface area (Å²) in [6.45, 7) is 16.8. The Kier molecular flexibility index (Phi) is 4.14. The van der Waals surface area contributed by atoms with Gasteiger partial charge >= 0.3 is 0 Å². The first-order valence-corrected chi connectivity index (χ1v) is 12.4. The van der Waals surface area contributed by atoms with Crippen molar-refractivity contribution in [3.63, 3.8) is 0 Å². The molecular formula is C33H34. The van der Waals surface area contributed by atoms with Crippen LogP contribution in [0, 0.1) is 19.8 Å². The molecule has 0 aromatic heterocycles. The maximum absolute atomic E-state index is 2.48. The molecule has 2 unspecified atom stereocenters. The van der Waals surface area contributed by atoms with Crippen molar-refractivity contribution >= 4 is 11.1 Å². The molecule has 2 atom stereocenters. The van der Waals surface area contributed by atoms with E-state index in [9.17, 15) is 0 Å². The van der Waals surface area contributed by atoms with Crippen molar-refractivity contribution in [2.75, 3.05) is 0 Å². The molecule has 0 heteroatoms. The summed E-state index contributed by atoms with van der Waals surface area (Å²) >= 11 is 0. The third-order valence-corrected chi connectivity index (χ3v) is 8.88. The van der Waals surface area contributed by atoms with Crippen LogP contribution in [0.15, 0.2) is 77.9 Å². The molecule has 166 valence electrons. The van der Waals surface area contributed by atoms with Gasteiger partial charge in [-0.05, 0) is 75.4 Å². The van der Waals surface area contributed by atoms with E-state index in [-0.39, 0.29) is 10.8 Å². The molecule has 33 heavy (non-hydrogen) atoms. The lowest BCUT2D eigenvalue weighted by Crippen LogP contribution is -2.29. The molecule has 0 spiro atoms. The van der Waals surface area contributed by atoms with Crippen LogP contribution >= 0.6 is 0 Å². The molecule has 0 amide bonds.